The predicted molar refractivity (Wildman–Crippen MR) is 79.5 cm³/mol. The van der Waals surface area contributed by atoms with E-state index >= 15 is 0 Å². The summed E-state index contributed by atoms with van der Waals surface area (Å²) >= 11 is 9.21. The molecule has 1 N–H and O–H groups in total. The van der Waals surface area contributed by atoms with Crippen LogP contribution in [0.1, 0.15) is 5.56 Å². The zero-order valence-electron chi connectivity index (χ0n) is 10.1. The summed E-state index contributed by atoms with van der Waals surface area (Å²) in [7, 11) is 0. The number of hydrogen-bond donors (Lipinski definition) is 1. The van der Waals surface area contributed by atoms with Crippen molar-refractivity contribution in [1.82, 2.24) is 0 Å². The molecule has 0 heterocycles. The van der Waals surface area contributed by atoms with E-state index in [9.17, 15) is 14.5 Å². The van der Waals surface area contributed by atoms with E-state index in [1.807, 2.05) is 0 Å². The third-order valence-electron chi connectivity index (χ3n) is 2.64. The first-order chi connectivity index (χ1) is 9.47. The van der Waals surface area contributed by atoms with Crippen molar-refractivity contribution in [2.75, 3.05) is 5.32 Å². The molecule has 0 saturated heterocycles. The lowest BCUT2D eigenvalue weighted by molar-refractivity contribution is -0.385. The van der Waals surface area contributed by atoms with Gasteiger partial charge < -0.3 is 5.32 Å². The van der Waals surface area contributed by atoms with E-state index in [0.717, 1.165) is 22.7 Å². The Hall–Kier alpha value is -1.66. The number of nitro groups is 1. The number of anilines is 1. The molecule has 104 valence electrons. The van der Waals surface area contributed by atoms with Crippen LogP contribution in [-0.2, 0) is 6.54 Å². The average molecular weight is 360 g/mol. The normalized spacial score (nSPS) is 10.3. The molecule has 0 aliphatic heterocycles. The van der Waals surface area contributed by atoms with Crippen LogP contribution in [0.5, 0.6) is 0 Å². The van der Waals surface area contributed by atoms with Crippen molar-refractivity contribution in [2.24, 2.45) is 0 Å². The minimum absolute atomic E-state index is 0.118. The van der Waals surface area contributed by atoms with Crippen LogP contribution >= 0.6 is 27.5 Å². The van der Waals surface area contributed by atoms with E-state index in [-0.39, 0.29) is 17.8 Å². The van der Waals surface area contributed by atoms with Gasteiger partial charge in [0.15, 0.2) is 0 Å². The number of nitrogens with zero attached hydrogens (tertiary/aromatic N) is 1. The highest BCUT2D eigenvalue weighted by molar-refractivity contribution is 9.10. The lowest BCUT2D eigenvalue weighted by Gasteiger charge is -2.09. The first-order valence-corrected chi connectivity index (χ1v) is 6.76. The third-order valence-corrected chi connectivity index (χ3v) is 3.56. The molecule has 0 radical (unpaired) electrons. The molecule has 2 aromatic carbocycles. The van der Waals surface area contributed by atoms with Gasteiger partial charge in [0.2, 0.25) is 0 Å². The summed E-state index contributed by atoms with van der Waals surface area (Å²) in [5.41, 5.74) is 0.815. The second kappa shape index (κ2) is 6.19. The van der Waals surface area contributed by atoms with E-state index in [4.69, 9.17) is 11.6 Å². The third kappa shape index (κ3) is 3.46. The molecule has 0 aliphatic rings. The van der Waals surface area contributed by atoms with Gasteiger partial charge in [0.05, 0.1) is 16.2 Å². The van der Waals surface area contributed by atoms with E-state index in [1.165, 1.54) is 0 Å². The standard InChI is InChI=1S/C13H9BrClFN2O2/c14-11-3-1-9(15)6-12(11)17-7-8-5-10(16)2-4-13(8)18(19)20/h1-6,17H,7H2. The number of hydrogen-bond acceptors (Lipinski definition) is 3. The number of rotatable bonds is 4. The molecule has 0 aromatic heterocycles. The number of nitrogens with one attached hydrogen (secondary N) is 1. The van der Waals surface area contributed by atoms with Crippen molar-refractivity contribution in [3.63, 3.8) is 0 Å². The van der Waals surface area contributed by atoms with Crippen LogP contribution < -0.4 is 5.32 Å². The van der Waals surface area contributed by atoms with Gasteiger partial charge in [-0.25, -0.2) is 4.39 Å². The molecule has 0 unspecified atom stereocenters. The molecule has 4 nitrogen and oxygen atoms in total. The van der Waals surface area contributed by atoms with Crippen LogP contribution in [0.3, 0.4) is 0 Å². The van der Waals surface area contributed by atoms with Crippen molar-refractivity contribution in [2.45, 2.75) is 6.54 Å². The van der Waals surface area contributed by atoms with Crippen LogP contribution in [0.25, 0.3) is 0 Å². The van der Waals surface area contributed by atoms with E-state index < -0.39 is 10.7 Å². The van der Waals surface area contributed by atoms with Gasteiger partial charge in [-0.3, -0.25) is 10.1 Å². The summed E-state index contributed by atoms with van der Waals surface area (Å²) in [4.78, 5) is 10.4. The van der Waals surface area contributed by atoms with Gasteiger partial charge in [-0.05, 0) is 46.3 Å². The Labute approximate surface area is 127 Å². The Morgan fingerprint density at radius 3 is 2.75 bits per heavy atom. The molecular formula is C13H9BrClFN2O2. The minimum Gasteiger partial charge on any atom is -0.380 e. The molecule has 0 aliphatic carbocycles. The maximum Gasteiger partial charge on any atom is 0.274 e. The molecule has 0 amide bonds. The average Bonchev–Trinajstić information content (AvgIpc) is 2.39. The Bertz CT molecular complexity index is 667. The predicted octanol–water partition coefficient (Wildman–Crippen LogP) is 4.76. The molecule has 2 aromatic rings. The largest absolute Gasteiger partial charge is 0.380 e. The molecule has 0 fully saturated rings. The maximum atomic E-state index is 13.2. The van der Waals surface area contributed by atoms with Crippen LogP contribution in [0.15, 0.2) is 40.9 Å². The summed E-state index contributed by atoms with van der Waals surface area (Å²) in [6, 6.07) is 8.50. The molecule has 0 saturated carbocycles. The highest BCUT2D eigenvalue weighted by Crippen LogP contribution is 2.27. The fourth-order valence-electron chi connectivity index (χ4n) is 1.70. The van der Waals surface area contributed by atoms with Gasteiger partial charge in [0.1, 0.15) is 5.82 Å². The van der Waals surface area contributed by atoms with Crippen LogP contribution in [0.4, 0.5) is 15.8 Å². The quantitative estimate of drug-likeness (QED) is 0.632. The molecular weight excluding hydrogens is 351 g/mol. The Morgan fingerprint density at radius 2 is 2.05 bits per heavy atom. The van der Waals surface area contributed by atoms with E-state index in [1.54, 1.807) is 18.2 Å². The Balaban J connectivity index is 2.24. The van der Waals surface area contributed by atoms with Crippen LogP contribution in [0, 0.1) is 15.9 Å². The molecule has 2 rings (SSSR count). The second-order valence-electron chi connectivity index (χ2n) is 4.01. The fourth-order valence-corrected chi connectivity index (χ4v) is 2.26. The number of nitro benzene ring substituents is 1. The zero-order chi connectivity index (χ0) is 14.7. The topological polar surface area (TPSA) is 55.2 Å². The Kier molecular flexibility index (Phi) is 4.57. The fraction of sp³-hybridized carbons (Fsp3) is 0.0769. The van der Waals surface area contributed by atoms with Gasteiger partial charge in [0, 0.05) is 22.1 Å². The van der Waals surface area contributed by atoms with Crippen molar-refractivity contribution < 1.29 is 9.31 Å². The molecule has 0 bridgehead atoms. The SMILES string of the molecule is O=[N+]([O-])c1ccc(F)cc1CNc1cc(Cl)ccc1Br. The first kappa shape index (κ1) is 14.7. The summed E-state index contributed by atoms with van der Waals surface area (Å²) in [5.74, 6) is -0.516. The zero-order valence-corrected chi connectivity index (χ0v) is 12.4. The van der Waals surface area contributed by atoms with Crippen LogP contribution in [-0.4, -0.2) is 4.92 Å². The second-order valence-corrected chi connectivity index (χ2v) is 5.30. The monoisotopic (exact) mass is 358 g/mol. The summed E-state index contributed by atoms with van der Waals surface area (Å²) in [6.45, 7) is 0.118. The van der Waals surface area contributed by atoms with Crippen molar-refractivity contribution in [3.8, 4) is 0 Å². The van der Waals surface area contributed by atoms with Crippen molar-refractivity contribution >= 4 is 38.9 Å². The maximum absolute atomic E-state index is 13.2. The lowest BCUT2D eigenvalue weighted by atomic mass is 10.1. The summed E-state index contributed by atoms with van der Waals surface area (Å²) < 4.78 is 14.0. The van der Waals surface area contributed by atoms with Crippen molar-refractivity contribution in [1.29, 1.82) is 0 Å². The number of halogens is 3. The lowest BCUT2D eigenvalue weighted by Crippen LogP contribution is -2.04. The molecule has 20 heavy (non-hydrogen) atoms. The minimum atomic E-state index is -0.538. The van der Waals surface area contributed by atoms with E-state index in [0.29, 0.717) is 10.7 Å². The highest BCUT2D eigenvalue weighted by atomic mass is 79.9. The highest BCUT2D eigenvalue weighted by Gasteiger charge is 2.14. The van der Waals surface area contributed by atoms with Gasteiger partial charge >= 0.3 is 0 Å². The first-order valence-electron chi connectivity index (χ1n) is 5.59. The summed E-state index contributed by atoms with van der Waals surface area (Å²) in [5, 5.41) is 14.4. The van der Waals surface area contributed by atoms with Gasteiger partial charge in [0.25, 0.3) is 5.69 Å². The van der Waals surface area contributed by atoms with E-state index in [2.05, 4.69) is 21.2 Å². The van der Waals surface area contributed by atoms with Gasteiger partial charge in [-0.1, -0.05) is 11.6 Å². The molecule has 0 atom stereocenters. The summed E-state index contributed by atoms with van der Waals surface area (Å²) in [6.07, 6.45) is 0. The number of benzene rings is 2. The van der Waals surface area contributed by atoms with Gasteiger partial charge in [-0.15, -0.1) is 0 Å². The smallest absolute Gasteiger partial charge is 0.274 e. The molecule has 0 spiro atoms. The molecule has 7 heteroatoms. The van der Waals surface area contributed by atoms with Crippen molar-refractivity contribution in [3.05, 3.63) is 67.4 Å². The van der Waals surface area contributed by atoms with Crippen LogP contribution in [0.2, 0.25) is 5.02 Å². The Morgan fingerprint density at radius 1 is 1.30 bits per heavy atom. The van der Waals surface area contributed by atoms with Gasteiger partial charge in [-0.2, -0.15) is 0 Å².